The first-order chi connectivity index (χ1) is 6.07. The van der Waals surface area contributed by atoms with Gasteiger partial charge < -0.3 is 11.5 Å². The van der Waals surface area contributed by atoms with Crippen molar-refractivity contribution in [3.05, 3.63) is 23.3 Å². The second kappa shape index (κ2) is 3.66. The fraction of sp³-hybridized carbons (Fsp3) is 0.222. The number of anilines is 2. The predicted octanol–water partition coefficient (Wildman–Crippen LogP) is 1.58. The van der Waals surface area contributed by atoms with Crippen molar-refractivity contribution in [2.75, 3.05) is 17.3 Å². The lowest BCUT2D eigenvalue weighted by atomic mass is 10.0. The second-order valence-corrected chi connectivity index (χ2v) is 3.07. The fourth-order valence-electron chi connectivity index (χ4n) is 1.12. The van der Waals surface area contributed by atoms with Crippen LogP contribution < -0.4 is 11.5 Å². The third-order valence-corrected chi connectivity index (χ3v) is 2.21. The molecular formula is C9H11ClN2O. The fourth-order valence-corrected chi connectivity index (χ4v) is 1.27. The summed E-state index contributed by atoms with van der Waals surface area (Å²) < 4.78 is 0. The van der Waals surface area contributed by atoms with E-state index in [0.29, 0.717) is 22.5 Å². The van der Waals surface area contributed by atoms with Crippen molar-refractivity contribution in [1.29, 1.82) is 0 Å². The van der Waals surface area contributed by atoms with Gasteiger partial charge in [0.1, 0.15) is 0 Å². The number of rotatable bonds is 2. The molecule has 0 aliphatic carbocycles. The number of carbonyl (C=O) groups is 1. The Morgan fingerprint density at radius 3 is 2.62 bits per heavy atom. The summed E-state index contributed by atoms with van der Waals surface area (Å²) in [5, 5.41) is 0. The molecule has 13 heavy (non-hydrogen) atoms. The zero-order valence-electron chi connectivity index (χ0n) is 7.30. The van der Waals surface area contributed by atoms with Gasteiger partial charge in [0.15, 0.2) is 5.78 Å². The number of alkyl halides is 1. The van der Waals surface area contributed by atoms with E-state index in [0.717, 1.165) is 0 Å². The molecule has 0 unspecified atom stereocenters. The minimum absolute atomic E-state index is 0.0375. The molecule has 70 valence electrons. The van der Waals surface area contributed by atoms with Crippen molar-refractivity contribution >= 4 is 28.8 Å². The molecule has 0 heterocycles. The topological polar surface area (TPSA) is 69.1 Å². The van der Waals surface area contributed by atoms with Gasteiger partial charge in [0.25, 0.3) is 0 Å². The van der Waals surface area contributed by atoms with Crippen LogP contribution in [0.3, 0.4) is 0 Å². The Labute approximate surface area is 81.7 Å². The van der Waals surface area contributed by atoms with Crippen LogP contribution in [0.15, 0.2) is 12.1 Å². The Kier molecular flexibility index (Phi) is 2.78. The summed E-state index contributed by atoms with van der Waals surface area (Å²) in [5.74, 6) is -0.171. The van der Waals surface area contributed by atoms with E-state index < -0.39 is 0 Å². The molecule has 0 aliphatic rings. The largest absolute Gasteiger partial charge is 0.397 e. The van der Waals surface area contributed by atoms with Crippen LogP contribution in [0.2, 0.25) is 0 Å². The number of halogens is 1. The number of hydrogen-bond acceptors (Lipinski definition) is 3. The molecule has 0 saturated carbocycles. The number of nitrogens with two attached hydrogens (primary N) is 2. The summed E-state index contributed by atoms with van der Waals surface area (Å²) in [6.07, 6.45) is 0. The quantitative estimate of drug-likeness (QED) is 0.431. The van der Waals surface area contributed by atoms with Crippen LogP contribution >= 0.6 is 11.6 Å². The van der Waals surface area contributed by atoms with Gasteiger partial charge in [-0.05, 0) is 24.6 Å². The van der Waals surface area contributed by atoms with E-state index in [-0.39, 0.29) is 11.7 Å². The molecule has 1 rings (SSSR count). The molecule has 4 heteroatoms. The molecule has 0 atom stereocenters. The Balaban J connectivity index is 3.26. The molecule has 1 aromatic rings. The molecule has 0 spiro atoms. The average Bonchev–Trinajstić information content (AvgIpc) is 2.13. The molecule has 0 fully saturated rings. The summed E-state index contributed by atoms with van der Waals surface area (Å²) >= 11 is 5.43. The molecule has 1 aromatic carbocycles. The summed E-state index contributed by atoms with van der Waals surface area (Å²) in [5.41, 5.74) is 13.4. The van der Waals surface area contributed by atoms with Crippen LogP contribution in [-0.2, 0) is 0 Å². The molecule has 4 N–H and O–H groups in total. The van der Waals surface area contributed by atoms with E-state index in [1.807, 2.05) is 0 Å². The Bertz CT molecular complexity index is 350. The van der Waals surface area contributed by atoms with E-state index in [4.69, 9.17) is 23.1 Å². The van der Waals surface area contributed by atoms with Crippen molar-refractivity contribution in [2.24, 2.45) is 0 Å². The van der Waals surface area contributed by atoms with E-state index in [9.17, 15) is 4.79 Å². The smallest absolute Gasteiger partial charge is 0.177 e. The van der Waals surface area contributed by atoms with Gasteiger partial charge in [0, 0.05) is 5.56 Å². The average molecular weight is 199 g/mol. The molecule has 3 nitrogen and oxygen atoms in total. The zero-order valence-corrected chi connectivity index (χ0v) is 8.06. The number of Topliss-reactive ketones (excluding diaryl/α,β-unsaturated/α-hetero) is 1. The summed E-state index contributed by atoms with van der Waals surface area (Å²) in [6, 6.07) is 3.26. The molecule has 0 aromatic heterocycles. The van der Waals surface area contributed by atoms with E-state index >= 15 is 0 Å². The van der Waals surface area contributed by atoms with Crippen molar-refractivity contribution < 1.29 is 4.79 Å². The number of benzene rings is 1. The Hall–Kier alpha value is -1.22. The third-order valence-electron chi connectivity index (χ3n) is 1.97. The highest BCUT2D eigenvalue weighted by molar-refractivity contribution is 6.30. The van der Waals surface area contributed by atoms with Crippen LogP contribution in [0.1, 0.15) is 15.9 Å². The van der Waals surface area contributed by atoms with Crippen molar-refractivity contribution in [1.82, 2.24) is 0 Å². The van der Waals surface area contributed by atoms with Gasteiger partial charge >= 0.3 is 0 Å². The van der Waals surface area contributed by atoms with Gasteiger partial charge in [0.05, 0.1) is 17.3 Å². The minimum atomic E-state index is -0.133. The van der Waals surface area contributed by atoms with Crippen LogP contribution in [0, 0.1) is 6.92 Å². The van der Waals surface area contributed by atoms with Crippen LogP contribution in [0.25, 0.3) is 0 Å². The Morgan fingerprint density at radius 1 is 1.46 bits per heavy atom. The predicted molar refractivity (Wildman–Crippen MR) is 55.1 cm³/mol. The van der Waals surface area contributed by atoms with Crippen molar-refractivity contribution in [2.45, 2.75) is 6.92 Å². The van der Waals surface area contributed by atoms with Crippen molar-refractivity contribution in [3.8, 4) is 0 Å². The molecule has 0 amide bonds. The highest BCUT2D eigenvalue weighted by Crippen LogP contribution is 2.23. The SMILES string of the molecule is Cc1c(C(=O)CCl)ccc(N)c1N. The van der Waals surface area contributed by atoms with Gasteiger partial charge in [0.2, 0.25) is 0 Å². The first-order valence-corrected chi connectivity index (χ1v) is 4.35. The maximum atomic E-state index is 11.3. The second-order valence-electron chi connectivity index (χ2n) is 2.80. The number of nitrogen functional groups attached to an aromatic ring is 2. The molecular weight excluding hydrogens is 188 g/mol. The van der Waals surface area contributed by atoms with Crippen molar-refractivity contribution in [3.63, 3.8) is 0 Å². The first-order valence-electron chi connectivity index (χ1n) is 3.81. The van der Waals surface area contributed by atoms with Gasteiger partial charge in [-0.3, -0.25) is 4.79 Å². The highest BCUT2D eigenvalue weighted by atomic mass is 35.5. The molecule has 0 radical (unpaired) electrons. The standard InChI is InChI=1S/C9H11ClN2O/c1-5-6(8(13)4-10)2-3-7(11)9(5)12/h2-3H,4,11-12H2,1H3. The lowest BCUT2D eigenvalue weighted by Gasteiger charge is -2.08. The molecule has 0 aliphatic heterocycles. The van der Waals surface area contributed by atoms with Crippen LogP contribution in [0.5, 0.6) is 0 Å². The zero-order chi connectivity index (χ0) is 10.0. The van der Waals surface area contributed by atoms with Crippen LogP contribution in [-0.4, -0.2) is 11.7 Å². The highest BCUT2D eigenvalue weighted by Gasteiger charge is 2.10. The summed E-state index contributed by atoms with van der Waals surface area (Å²) in [4.78, 5) is 11.3. The molecule has 0 saturated heterocycles. The van der Waals surface area contributed by atoms with Gasteiger partial charge in [-0.1, -0.05) is 0 Å². The first kappa shape index (κ1) is 9.86. The third kappa shape index (κ3) is 1.75. The van der Waals surface area contributed by atoms with Gasteiger partial charge in [-0.15, -0.1) is 11.6 Å². The summed E-state index contributed by atoms with van der Waals surface area (Å²) in [6.45, 7) is 1.76. The Morgan fingerprint density at radius 2 is 2.08 bits per heavy atom. The van der Waals surface area contributed by atoms with Crippen LogP contribution in [0.4, 0.5) is 11.4 Å². The monoisotopic (exact) mass is 198 g/mol. The normalized spacial score (nSPS) is 10.0. The number of ketones is 1. The maximum absolute atomic E-state index is 11.3. The van der Waals surface area contributed by atoms with Gasteiger partial charge in [-0.2, -0.15) is 0 Å². The number of hydrogen-bond donors (Lipinski definition) is 2. The molecule has 0 bridgehead atoms. The van der Waals surface area contributed by atoms with E-state index in [1.165, 1.54) is 0 Å². The lowest BCUT2D eigenvalue weighted by Crippen LogP contribution is -2.07. The number of carbonyl (C=O) groups excluding carboxylic acids is 1. The lowest BCUT2D eigenvalue weighted by molar-refractivity contribution is 0.102. The summed E-state index contributed by atoms with van der Waals surface area (Å²) in [7, 11) is 0. The minimum Gasteiger partial charge on any atom is -0.397 e. The van der Waals surface area contributed by atoms with E-state index in [1.54, 1.807) is 19.1 Å². The van der Waals surface area contributed by atoms with Gasteiger partial charge in [-0.25, -0.2) is 0 Å². The maximum Gasteiger partial charge on any atom is 0.177 e. The van der Waals surface area contributed by atoms with E-state index in [2.05, 4.69) is 0 Å².